The third-order valence-corrected chi connectivity index (χ3v) is 2.54. The topological polar surface area (TPSA) is 92.4 Å². The molecule has 0 fully saturated rings. The van der Waals surface area contributed by atoms with Gasteiger partial charge in [-0.25, -0.2) is 4.79 Å². The summed E-state index contributed by atoms with van der Waals surface area (Å²) in [5, 5.41) is 11.6. The van der Waals surface area contributed by atoms with Crippen molar-refractivity contribution in [2.45, 2.75) is 32.2 Å². The molecule has 0 saturated carbocycles. The summed E-state index contributed by atoms with van der Waals surface area (Å²) in [4.78, 5) is 22.6. The number of carboxylic acids is 1. The molecule has 0 bridgehead atoms. The van der Waals surface area contributed by atoms with Crippen molar-refractivity contribution in [3.8, 4) is 0 Å². The van der Waals surface area contributed by atoms with Crippen molar-refractivity contribution in [2.75, 3.05) is 5.32 Å². The van der Waals surface area contributed by atoms with Gasteiger partial charge in [-0.1, -0.05) is 25.5 Å². The molecular weight excluding hydrogens is 232 g/mol. The van der Waals surface area contributed by atoms with E-state index >= 15 is 0 Å². The monoisotopic (exact) mass is 250 g/mol. The van der Waals surface area contributed by atoms with E-state index in [4.69, 9.17) is 10.8 Å². The van der Waals surface area contributed by atoms with Gasteiger partial charge in [0.15, 0.2) is 0 Å². The van der Waals surface area contributed by atoms with Crippen LogP contribution in [0.1, 0.15) is 36.5 Å². The summed E-state index contributed by atoms with van der Waals surface area (Å²) in [5.41, 5.74) is 6.14. The number of carbonyl (C=O) groups excluding carboxylic acids is 1. The van der Waals surface area contributed by atoms with E-state index in [1.807, 2.05) is 6.92 Å². The lowest BCUT2D eigenvalue weighted by Crippen LogP contribution is -2.27. The van der Waals surface area contributed by atoms with Gasteiger partial charge in [0, 0.05) is 12.5 Å². The van der Waals surface area contributed by atoms with Crippen LogP contribution in [0.15, 0.2) is 24.3 Å². The Kier molecular flexibility index (Phi) is 5.32. The fraction of sp³-hybridized carbons (Fsp3) is 0.385. The summed E-state index contributed by atoms with van der Waals surface area (Å²) in [6.45, 7) is 2.00. The molecule has 0 aliphatic rings. The highest BCUT2D eigenvalue weighted by molar-refractivity contribution is 6.00. The number of hydrogen-bond donors (Lipinski definition) is 3. The molecule has 5 heteroatoms. The van der Waals surface area contributed by atoms with Crippen molar-refractivity contribution in [3.05, 3.63) is 29.8 Å². The molecule has 0 aliphatic heterocycles. The smallest absolute Gasteiger partial charge is 0.337 e. The minimum atomic E-state index is -1.07. The Morgan fingerprint density at radius 3 is 2.67 bits per heavy atom. The molecule has 1 unspecified atom stereocenters. The van der Waals surface area contributed by atoms with Crippen LogP contribution in [0.25, 0.3) is 0 Å². The summed E-state index contributed by atoms with van der Waals surface area (Å²) in [6.07, 6.45) is 1.88. The van der Waals surface area contributed by atoms with Crippen molar-refractivity contribution in [3.63, 3.8) is 0 Å². The lowest BCUT2D eigenvalue weighted by molar-refractivity contribution is -0.116. The van der Waals surface area contributed by atoms with Crippen molar-refractivity contribution in [1.29, 1.82) is 0 Å². The lowest BCUT2D eigenvalue weighted by atomic mass is 10.1. The van der Waals surface area contributed by atoms with E-state index in [-0.39, 0.29) is 23.9 Å². The minimum Gasteiger partial charge on any atom is -0.478 e. The van der Waals surface area contributed by atoms with Gasteiger partial charge in [-0.2, -0.15) is 0 Å². The molecule has 0 aliphatic carbocycles. The van der Waals surface area contributed by atoms with E-state index < -0.39 is 5.97 Å². The first-order chi connectivity index (χ1) is 8.54. The van der Waals surface area contributed by atoms with Crippen LogP contribution in [0.2, 0.25) is 0 Å². The summed E-state index contributed by atoms with van der Waals surface area (Å²) in [6, 6.07) is 6.11. The number of nitrogens with one attached hydrogen (secondary N) is 1. The first kappa shape index (κ1) is 14.2. The Bertz CT molecular complexity index is 432. The van der Waals surface area contributed by atoms with Crippen LogP contribution in [0.3, 0.4) is 0 Å². The van der Waals surface area contributed by atoms with E-state index in [9.17, 15) is 9.59 Å². The molecule has 1 atom stereocenters. The van der Waals surface area contributed by atoms with Gasteiger partial charge in [0.2, 0.25) is 5.91 Å². The number of carboxylic acid groups (broad SMARTS) is 1. The quantitative estimate of drug-likeness (QED) is 0.718. The minimum absolute atomic E-state index is 0.0786. The van der Waals surface area contributed by atoms with Crippen molar-refractivity contribution >= 4 is 17.6 Å². The van der Waals surface area contributed by atoms with Crippen LogP contribution in [0.4, 0.5) is 5.69 Å². The third-order valence-electron chi connectivity index (χ3n) is 2.54. The molecule has 5 nitrogen and oxygen atoms in total. The van der Waals surface area contributed by atoms with Gasteiger partial charge in [0.05, 0.1) is 11.3 Å². The Labute approximate surface area is 106 Å². The summed E-state index contributed by atoms with van der Waals surface area (Å²) >= 11 is 0. The predicted molar refractivity (Wildman–Crippen MR) is 69.5 cm³/mol. The number of carbonyl (C=O) groups is 2. The number of amides is 1. The van der Waals surface area contributed by atoms with Crippen molar-refractivity contribution in [2.24, 2.45) is 5.73 Å². The van der Waals surface area contributed by atoms with Gasteiger partial charge < -0.3 is 16.2 Å². The second-order valence-corrected chi connectivity index (χ2v) is 4.15. The molecule has 4 N–H and O–H groups in total. The van der Waals surface area contributed by atoms with Gasteiger partial charge in [-0.15, -0.1) is 0 Å². The number of anilines is 1. The van der Waals surface area contributed by atoms with E-state index in [1.54, 1.807) is 18.2 Å². The van der Waals surface area contributed by atoms with E-state index in [1.165, 1.54) is 6.07 Å². The zero-order chi connectivity index (χ0) is 13.5. The molecule has 1 amide bonds. The molecule has 18 heavy (non-hydrogen) atoms. The zero-order valence-corrected chi connectivity index (χ0v) is 10.3. The van der Waals surface area contributed by atoms with E-state index in [0.717, 1.165) is 12.8 Å². The fourth-order valence-electron chi connectivity index (χ4n) is 1.69. The van der Waals surface area contributed by atoms with Crippen molar-refractivity contribution < 1.29 is 14.7 Å². The maximum atomic E-state index is 11.7. The third kappa shape index (κ3) is 4.18. The van der Waals surface area contributed by atoms with Crippen LogP contribution in [-0.4, -0.2) is 23.0 Å². The molecule has 0 heterocycles. The number of hydrogen-bond acceptors (Lipinski definition) is 3. The molecular formula is C13H18N2O3. The van der Waals surface area contributed by atoms with Crippen LogP contribution < -0.4 is 11.1 Å². The standard InChI is InChI=1S/C13H18N2O3/c1-2-5-9(14)8-12(16)15-11-7-4-3-6-10(11)13(17)18/h3-4,6-7,9H,2,5,8,14H2,1H3,(H,15,16)(H,17,18). The van der Waals surface area contributed by atoms with Crippen molar-refractivity contribution in [1.82, 2.24) is 0 Å². The molecule has 1 aromatic carbocycles. The Hall–Kier alpha value is -1.88. The van der Waals surface area contributed by atoms with Gasteiger partial charge in [-0.3, -0.25) is 4.79 Å². The SMILES string of the molecule is CCCC(N)CC(=O)Nc1ccccc1C(=O)O. The summed E-state index contributed by atoms with van der Waals surface area (Å²) in [7, 11) is 0. The Morgan fingerprint density at radius 2 is 2.06 bits per heavy atom. The van der Waals surface area contributed by atoms with Crippen LogP contribution >= 0.6 is 0 Å². The predicted octanol–water partition coefficient (Wildman–Crippen LogP) is 1.84. The Morgan fingerprint density at radius 1 is 1.39 bits per heavy atom. The molecule has 0 saturated heterocycles. The molecule has 0 radical (unpaired) electrons. The maximum Gasteiger partial charge on any atom is 0.337 e. The number of benzene rings is 1. The van der Waals surface area contributed by atoms with Gasteiger partial charge in [0.1, 0.15) is 0 Å². The highest BCUT2D eigenvalue weighted by Crippen LogP contribution is 2.15. The number of rotatable bonds is 6. The molecule has 1 aromatic rings. The van der Waals surface area contributed by atoms with Gasteiger partial charge in [-0.05, 0) is 18.6 Å². The molecule has 98 valence electrons. The van der Waals surface area contributed by atoms with Crippen LogP contribution in [0, 0.1) is 0 Å². The average Bonchev–Trinajstić information content (AvgIpc) is 2.29. The fourth-order valence-corrected chi connectivity index (χ4v) is 1.69. The lowest BCUT2D eigenvalue weighted by Gasteiger charge is -2.11. The van der Waals surface area contributed by atoms with E-state index in [0.29, 0.717) is 5.69 Å². The average molecular weight is 250 g/mol. The molecule has 0 aromatic heterocycles. The second-order valence-electron chi connectivity index (χ2n) is 4.15. The largest absolute Gasteiger partial charge is 0.478 e. The highest BCUT2D eigenvalue weighted by Gasteiger charge is 2.13. The second kappa shape index (κ2) is 6.76. The van der Waals surface area contributed by atoms with Crippen LogP contribution in [-0.2, 0) is 4.79 Å². The summed E-state index contributed by atoms with van der Waals surface area (Å²) < 4.78 is 0. The molecule has 0 spiro atoms. The maximum absolute atomic E-state index is 11.7. The zero-order valence-electron chi connectivity index (χ0n) is 10.3. The first-order valence-electron chi connectivity index (χ1n) is 5.92. The normalized spacial score (nSPS) is 11.9. The number of nitrogens with two attached hydrogens (primary N) is 1. The van der Waals surface area contributed by atoms with E-state index in [2.05, 4.69) is 5.32 Å². The number of aromatic carboxylic acids is 1. The van der Waals surface area contributed by atoms with Gasteiger partial charge >= 0.3 is 5.97 Å². The van der Waals surface area contributed by atoms with Crippen LogP contribution in [0.5, 0.6) is 0 Å². The highest BCUT2D eigenvalue weighted by atomic mass is 16.4. The summed E-state index contributed by atoms with van der Waals surface area (Å²) in [5.74, 6) is -1.33. The molecule has 1 rings (SSSR count). The first-order valence-corrected chi connectivity index (χ1v) is 5.92. The Balaban J connectivity index is 2.67. The number of para-hydroxylation sites is 1. The van der Waals surface area contributed by atoms with Gasteiger partial charge in [0.25, 0.3) is 0 Å².